The van der Waals surface area contributed by atoms with E-state index in [-0.39, 0.29) is 5.91 Å². The Bertz CT molecular complexity index is 1710. The Morgan fingerprint density at radius 1 is 0.952 bits per heavy atom. The topological polar surface area (TPSA) is 101 Å². The SMILES string of the molecule is CC(=O)Nc1ccc(-c2ccnc(Nc3ccc(CC4CCC(=CS(=O)(=O)c5ccc(F)cc5F)CC4)cc3)n2)cc1. The van der Waals surface area contributed by atoms with Crippen LogP contribution in [0.5, 0.6) is 0 Å². The highest BCUT2D eigenvalue weighted by molar-refractivity contribution is 7.94. The molecule has 1 aromatic heterocycles. The molecular formula is C32H30F2N4O3S. The third-order valence-corrected chi connectivity index (χ3v) is 8.75. The van der Waals surface area contributed by atoms with E-state index in [1.54, 1.807) is 6.20 Å². The Morgan fingerprint density at radius 2 is 1.64 bits per heavy atom. The molecule has 216 valence electrons. The summed E-state index contributed by atoms with van der Waals surface area (Å²) in [6.07, 6.45) is 5.46. The number of nitrogens with one attached hydrogen (secondary N) is 2. The minimum atomic E-state index is -3.97. The molecule has 4 aromatic rings. The third-order valence-electron chi connectivity index (χ3n) is 7.16. The lowest BCUT2D eigenvalue weighted by Gasteiger charge is -2.24. The number of hydrogen-bond donors (Lipinski definition) is 2. The number of carbonyl (C=O) groups excluding carboxylic acids is 1. The van der Waals surface area contributed by atoms with Crippen molar-refractivity contribution >= 4 is 33.1 Å². The number of aromatic nitrogens is 2. The second-order valence-corrected chi connectivity index (χ2v) is 12.2. The van der Waals surface area contributed by atoms with Gasteiger partial charge >= 0.3 is 0 Å². The molecule has 0 aliphatic heterocycles. The lowest BCUT2D eigenvalue weighted by Crippen LogP contribution is -2.12. The Morgan fingerprint density at radius 3 is 2.31 bits per heavy atom. The third kappa shape index (κ3) is 7.44. The molecular weight excluding hydrogens is 558 g/mol. The highest BCUT2D eigenvalue weighted by atomic mass is 32.2. The quantitative estimate of drug-likeness (QED) is 0.211. The van der Waals surface area contributed by atoms with Gasteiger partial charge in [-0.05, 0) is 86.1 Å². The van der Waals surface area contributed by atoms with Crippen LogP contribution in [0, 0.1) is 17.6 Å². The molecule has 1 heterocycles. The lowest BCUT2D eigenvalue weighted by atomic mass is 9.83. The fourth-order valence-electron chi connectivity index (χ4n) is 5.05. The molecule has 5 rings (SSSR count). The van der Waals surface area contributed by atoms with Crippen molar-refractivity contribution in [2.45, 2.75) is 43.9 Å². The minimum Gasteiger partial charge on any atom is -0.326 e. The number of benzene rings is 3. The Kier molecular flexibility index (Phi) is 8.72. The molecule has 1 fully saturated rings. The number of nitrogens with zero attached hydrogens (tertiary/aromatic N) is 2. The second kappa shape index (κ2) is 12.6. The van der Waals surface area contributed by atoms with Crippen LogP contribution in [-0.2, 0) is 21.1 Å². The Hall–Kier alpha value is -4.44. The number of anilines is 3. The monoisotopic (exact) mass is 588 g/mol. The van der Waals surface area contributed by atoms with Crippen molar-refractivity contribution in [2.24, 2.45) is 5.92 Å². The van der Waals surface area contributed by atoms with Gasteiger partial charge in [-0.15, -0.1) is 0 Å². The van der Waals surface area contributed by atoms with Gasteiger partial charge in [0, 0.05) is 41.5 Å². The van der Waals surface area contributed by atoms with Gasteiger partial charge in [0.05, 0.1) is 5.69 Å². The van der Waals surface area contributed by atoms with Gasteiger partial charge in [0.25, 0.3) is 0 Å². The molecule has 3 aromatic carbocycles. The van der Waals surface area contributed by atoms with Gasteiger partial charge in [0.2, 0.25) is 21.7 Å². The summed E-state index contributed by atoms with van der Waals surface area (Å²) < 4.78 is 52.5. The smallest absolute Gasteiger partial charge is 0.227 e. The summed E-state index contributed by atoms with van der Waals surface area (Å²) in [7, 11) is -3.97. The van der Waals surface area contributed by atoms with Gasteiger partial charge in [-0.3, -0.25) is 4.79 Å². The molecule has 0 unspecified atom stereocenters. The van der Waals surface area contributed by atoms with E-state index in [4.69, 9.17) is 0 Å². The largest absolute Gasteiger partial charge is 0.326 e. The molecule has 1 aliphatic carbocycles. The minimum absolute atomic E-state index is 0.126. The molecule has 0 saturated heterocycles. The zero-order valence-corrected chi connectivity index (χ0v) is 23.8. The molecule has 2 N–H and O–H groups in total. The highest BCUT2D eigenvalue weighted by Crippen LogP contribution is 2.33. The molecule has 10 heteroatoms. The maximum absolute atomic E-state index is 14.0. The highest BCUT2D eigenvalue weighted by Gasteiger charge is 2.22. The summed E-state index contributed by atoms with van der Waals surface area (Å²) in [5.74, 6) is -1.14. The molecule has 7 nitrogen and oxygen atoms in total. The maximum atomic E-state index is 14.0. The van der Waals surface area contributed by atoms with E-state index in [0.29, 0.717) is 30.8 Å². The molecule has 0 atom stereocenters. The number of sulfone groups is 1. The van der Waals surface area contributed by atoms with E-state index in [9.17, 15) is 22.0 Å². The number of amides is 1. The normalized spacial score (nSPS) is 15.2. The molecule has 42 heavy (non-hydrogen) atoms. The van der Waals surface area contributed by atoms with E-state index in [0.717, 1.165) is 65.0 Å². The van der Waals surface area contributed by atoms with Gasteiger partial charge < -0.3 is 10.6 Å². The van der Waals surface area contributed by atoms with Crippen LogP contribution >= 0.6 is 0 Å². The van der Waals surface area contributed by atoms with Crippen LogP contribution in [0.4, 0.5) is 26.1 Å². The number of rotatable bonds is 8. The zero-order valence-electron chi connectivity index (χ0n) is 23.0. The predicted octanol–water partition coefficient (Wildman–Crippen LogP) is 7.21. The molecule has 0 radical (unpaired) electrons. The van der Waals surface area contributed by atoms with Crippen LogP contribution in [0.3, 0.4) is 0 Å². The summed E-state index contributed by atoms with van der Waals surface area (Å²) in [5, 5.41) is 7.14. The standard InChI is InChI=1S/C32H30F2N4O3S/c1-21(39)36-27-13-8-25(9-14-27)30-16-17-35-32(38-30)37-28-11-6-23(7-12-28)18-22-2-4-24(5-3-22)20-42(40,41)31-15-10-26(33)19-29(31)34/h6-17,19-20,22H,2-5,18H2,1H3,(H,36,39)(H,35,37,38). The van der Waals surface area contributed by atoms with Gasteiger partial charge in [-0.25, -0.2) is 27.2 Å². The van der Waals surface area contributed by atoms with Crippen molar-refractivity contribution in [3.63, 3.8) is 0 Å². The first-order chi connectivity index (χ1) is 20.1. The van der Waals surface area contributed by atoms with Crippen LogP contribution in [0.15, 0.2) is 94.9 Å². The second-order valence-electron chi connectivity index (χ2n) is 10.4. The first-order valence-electron chi connectivity index (χ1n) is 13.6. The summed E-state index contributed by atoms with van der Waals surface area (Å²) in [4.78, 5) is 19.7. The first-order valence-corrected chi connectivity index (χ1v) is 15.2. The van der Waals surface area contributed by atoms with Gasteiger partial charge in [-0.1, -0.05) is 29.8 Å². The van der Waals surface area contributed by atoms with E-state index in [1.807, 2.05) is 42.5 Å². The Balaban J connectivity index is 1.15. The van der Waals surface area contributed by atoms with Crippen molar-refractivity contribution in [1.29, 1.82) is 0 Å². The van der Waals surface area contributed by atoms with Crippen molar-refractivity contribution < 1.29 is 22.0 Å². The number of halogens is 2. The first kappa shape index (κ1) is 29.1. The van der Waals surface area contributed by atoms with Crippen LogP contribution in [0.25, 0.3) is 11.3 Å². The van der Waals surface area contributed by atoms with Gasteiger partial charge in [-0.2, -0.15) is 0 Å². The molecule has 1 amide bonds. The van der Waals surface area contributed by atoms with Crippen LogP contribution in [-0.4, -0.2) is 24.3 Å². The van der Waals surface area contributed by atoms with E-state index in [1.165, 1.54) is 12.5 Å². The van der Waals surface area contributed by atoms with E-state index in [2.05, 4.69) is 32.7 Å². The molecule has 1 aliphatic rings. The molecule has 0 bridgehead atoms. The average Bonchev–Trinajstić information content (AvgIpc) is 2.95. The van der Waals surface area contributed by atoms with E-state index >= 15 is 0 Å². The van der Waals surface area contributed by atoms with Crippen molar-refractivity contribution in [3.8, 4) is 11.3 Å². The fraction of sp³-hybridized carbons (Fsp3) is 0.219. The number of carbonyl (C=O) groups is 1. The van der Waals surface area contributed by atoms with Crippen LogP contribution in [0.2, 0.25) is 0 Å². The van der Waals surface area contributed by atoms with Gasteiger partial charge in [0.15, 0.2) is 0 Å². The summed E-state index contributed by atoms with van der Waals surface area (Å²) in [6.45, 7) is 1.47. The van der Waals surface area contributed by atoms with Crippen molar-refractivity contribution in [3.05, 3.63) is 107 Å². The number of hydrogen-bond acceptors (Lipinski definition) is 6. The van der Waals surface area contributed by atoms with Crippen LogP contribution in [0.1, 0.15) is 38.2 Å². The molecule has 0 spiro atoms. The molecule has 1 saturated carbocycles. The van der Waals surface area contributed by atoms with Gasteiger partial charge in [0.1, 0.15) is 16.5 Å². The van der Waals surface area contributed by atoms with Crippen LogP contribution < -0.4 is 10.6 Å². The fourth-order valence-corrected chi connectivity index (χ4v) is 6.44. The lowest BCUT2D eigenvalue weighted by molar-refractivity contribution is -0.114. The number of allylic oxidation sites excluding steroid dienone is 1. The summed E-state index contributed by atoms with van der Waals surface area (Å²) >= 11 is 0. The summed E-state index contributed by atoms with van der Waals surface area (Å²) in [5.41, 5.74) is 5.16. The predicted molar refractivity (Wildman–Crippen MR) is 159 cm³/mol. The zero-order chi connectivity index (χ0) is 29.7. The average molecular weight is 589 g/mol. The van der Waals surface area contributed by atoms with Crippen molar-refractivity contribution in [1.82, 2.24) is 9.97 Å². The van der Waals surface area contributed by atoms with E-state index < -0.39 is 26.4 Å². The maximum Gasteiger partial charge on any atom is 0.227 e. The summed E-state index contributed by atoms with van der Waals surface area (Å²) in [6, 6.07) is 19.8. The Labute approximate surface area is 243 Å². The van der Waals surface area contributed by atoms with Crippen molar-refractivity contribution in [2.75, 3.05) is 10.6 Å².